The van der Waals surface area contributed by atoms with Crippen LogP contribution in [0.3, 0.4) is 0 Å². The first-order valence-corrected chi connectivity index (χ1v) is 3.78. The van der Waals surface area contributed by atoms with Crippen molar-refractivity contribution in [2.45, 2.75) is 18.9 Å². The van der Waals surface area contributed by atoms with Crippen molar-refractivity contribution in [2.75, 3.05) is 0 Å². The third-order valence-corrected chi connectivity index (χ3v) is 1.57. The molecule has 0 spiro atoms. The van der Waals surface area contributed by atoms with E-state index < -0.39 is 6.10 Å². The summed E-state index contributed by atoms with van der Waals surface area (Å²) in [6, 6.07) is 10.4. The van der Waals surface area contributed by atoms with Crippen molar-refractivity contribution in [3.63, 3.8) is 0 Å². The van der Waals surface area contributed by atoms with Gasteiger partial charge in [0.1, 0.15) is 0 Å². The Labute approximate surface area is 99.1 Å². The molecule has 1 atom stereocenters. The summed E-state index contributed by atoms with van der Waals surface area (Å²) < 4.78 is 0. The average Bonchev–Trinajstić information content (AvgIpc) is 2.07. The second kappa shape index (κ2) is 6.76. The zero-order valence-electron chi connectivity index (χ0n) is 7.03. The Morgan fingerprint density at radius 3 is 2.75 bits per heavy atom. The number of rotatable bonds is 3. The topological polar surface area (TPSA) is 20.2 Å². The molecule has 63 valence electrons. The minimum absolute atomic E-state index is 0. The number of benzene rings is 1. The fraction of sp³-hybridized carbons (Fsp3) is 0.300. The summed E-state index contributed by atoms with van der Waals surface area (Å²) in [6.07, 6.45) is 1.07. The van der Waals surface area contributed by atoms with Crippen LogP contribution in [-0.4, -0.2) is 5.11 Å². The molecule has 0 aliphatic heterocycles. The van der Waals surface area contributed by atoms with Crippen molar-refractivity contribution in [3.05, 3.63) is 42.8 Å². The molecule has 1 N–H and O–H groups in total. The van der Waals surface area contributed by atoms with Gasteiger partial charge in [-0.2, -0.15) is 36.8 Å². The van der Waals surface area contributed by atoms with Crippen LogP contribution in [0.1, 0.15) is 24.5 Å². The fourth-order valence-corrected chi connectivity index (χ4v) is 0.963. The monoisotopic (exact) mass is 237 g/mol. The van der Waals surface area contributed by atoms with Gasteiger partial charge in [-0.25, -0.2) is 0 Å². The SMILES string of the molecule is [CH2-]CCC(O)c1[c-]cccc1.[Y]. The minimum Gasteiger partial charge on any atom is -0.391 e. The number of aliphatic hydroxyl groups is 1. The summed E-state index contributed by atoms with van der Waals surface area (Å²) in [5.74, 6) is 0. The number of hydrogen-bond acceptors (Lipinski definition) is 1. The summed E-state index contributed by atoms with van der Waals surface area (Å²) in [5.41, 5.74) is 0.858. The van der Waals surface area contributed by atoms with Crippen molar-refractivity contribution in [1.82, 2.24) is 0 Å². The van der Waals surface area contributed by atoms with E-state index in [9.17, 15) is 5.11 Å². The van der Waals surface area contributed by atoms with Crippen LogP contribution < -0.4 is 0 Å². The van der Waals surface area contributed by atoms with Gasteiger partial charge in [-0.15, -0.1) is 5.56 Å². The van der Waals surface area contributed by atoms with Crippen molar-refractivity contribution < 1.29 is 37.8 Å². The van der Waals surface area contributed by atoms with E-state index in [4.69, 9.17) is 0 Å². The van der Waals surface area contributed by atoms with Crippen molar-refractivity contribution >= 4 is 0 Å². The molecule has 0 saturated heterocycles. The van der Waals surface area contributed by atoms with E-state index in [1.807, 2.05) is 24.3 Å². The first kappa shape index (κ1) is 12.3. The summed E-state index contributed by atoms with van der Waals surface area (Å²) in [6.45, 7) is 3.68. The molecule has 0 amide bonds. The van der Waals surface area contributed by atoms with Crippen LogP contribution in [-0.2, 0) is 32.7 Å². The summed E-state index contributed by atoms with van der Waals surface area (Å²) in [4.78, 5) is 0. The van der Waals surface area contributed by atoms with Crippen LogP contribution in [0.25, 0.3) is 0 Å². The normalized spacial score (nSPS) is 11.8. The standard InChI is InChI=1S/C10H12O.Y/c1-2-6-10(11)9-7-4-3-5-8-9;/h3-5,7,10-11H,1-2,6H2;/q-2;. The van der Waals surface area contributed by atoms with Gasteiger partial charge in [0.05, 0.1) is 6.10 Å². The van der Waals surface area contributed by atoms with Gasteiger partial charge in [0.2, 0.25) is 0 Å². The molecule has 2 heteroatoms. The maximum atomic E-state index is 9.45. The van der Waals surface area contributed by atoms with Crippen molar-refractivity contribution in [2.24, 2.45) is 0 Å². The fourth-order valence-electron chi connectivity index (χ4n) is 0.963. The van der Waals surface area contributed by atoms with Crippen LogP contribution in [0.5, 0.6) is 0 Å². The van der Waals surface area contributed by atoms with Gasteiger partial charge in [0.25, 0.3) is 0 Å². The van der Waals surface area contributed by atoms with Gasteiger partial charge >= 0.3 is 0 Å². The van der Waals surface area contributed by atoms with Gasteiger partial charge in [-0.1, -0.05) is 6.42 Å². The summed E-state index contributed by atoms with van der Waals surface area (Å²) in [5, 5.41) is 9.45. The molecule has 1 aromatic carbocycles. The van der Waals surface area contributed by atoms with Crippen LogP contribution >= 0.6 is 0 Å². The predicted molar refractivity (Wildman–Crippen MR) is 44.8 cm³/mol. The molecule has 1 unspecified atom stereocenters. The molecular formula is C10H12OY-2. The van der Waals surface area contributed by atoms with Gasteiger partial charge in [0.15, 0.2) is 0 Å². The molecule has 0 fully saturated rings. The van der Waals surface area contributed by atoms with Crippen molar-refractivity contribution in [1.29, 1.82) is 0 Å². The molecular weight excluding hydrogens is 225 g/mol. The first-order chi connectivity index (χ1) is 5.34. The van der Waals surface area contributed by atoms with E-state index in [1.54, 1.807) is 0 Å². The second-order valence-electron chi connectivity index (χ2n) is 2.48. The minimum atomic E-state index is -0.395. The van der Waals surface area contributed by atoms with E-state index in [0.717, 1.165) is 12.0 Å². The summed E-state index contributed by atoms with van der Waals surface area (Å²) in [7, 11) is 0. The maximum Gasteiger partial charge on any atom is 0.0542 e. The van der Waals surface area contributed by atoms with Crippen LogP contribution in [0.15, 0.2) is 24.3 Å². The predicted octanol–water partition coefficient (Wildman–Crippen LogP) is 2.13. The molecule has 1 aromatic rings. The zero-order valence-corrected chi connectivity index (χ0v) is 9.87. The van der Waals surface area contributed by atoms with E-state index >= 15 is 0 Å². The Balaban J connectivity index is 0.00000121. The van der Waals surface area contributed by atoms with E-state index in [0.29, 0.717) is 6.42 Å². The molecule has 1 rings (SSSR count). The van der Waals surface area contributed by atoms with Crippen molar-refractivity contribution in [3.8, 4) is 0 Å². The molecule has 0 saturated carbocycles. The first-order valence-electron chi connectivity index (χ1n) is 3.78. The second-order valence-corrected chi connectivity index (χ2v) is 2.48. The Morgan fingerprint density at radius 2 is 2.25 bits per heavy atom. The quantitative estimate of drug-likeness (QED) is 0.798. The Bertz CT molecular complexity index is 198. The molecule has 1 nitrogen and oxygen atoms in total. The van der Waals surface area contributed by atoms with E-state index in [-0.39, 0.29) is 32.7 Å². The molecule has 1 radical (unpaired) electrons. The van der Waals surface area contributed by atoms with Crippen LogP contribution in [0.2, 0.25) is 0 Å². The maximum absolute atomic E-state index is 9.45. The van der Waals surface area contributed by atoms with Gasteiger partial charge in [-0.05, 0) is 0 Å². The smallest absolute Gasteiger partial charge is 0.0542 e. The molecule has 0 aromatic heterocycles. The Morgan fingerprint density at radius 1 is 1.50 bits per heavy atom. The van der Waals surface area contributed by atoms with Gasteiger partial charge < -0.3 is 12.0 Å². The molecule has 0 aliphatic rings. The van der Waals surface area contributed by atoms with Crippen LogP contribution in [0.4, 0.5) is 0 Å². The number of hydrogen-bond donors (Lipinski definition) is 1. The third-order valence-electron chi connectivity index (χ3n) is 1.57. The largest absolute Gasteiger partial charge is 0.391 e. The Hall–Kier alpha value is 0.284. The molecule has 12 heavy (non-hydrogen) atoms. The Kier molecular flexibility index (Phi) is 6.92. The van der Waals surface area contributed by atoms with Crippen LogP contribution in [0, 0.1) is 13.0 Å². The molecule has 0 aliphatic carbocycles. The zero-order chi connectivity index (χ0) is 8.10. The average molecular weight is 237 g/mol. The number of aliphatic hydroxyl groups excluding tert-OH is 1. The summed E-state index contributed by atoms with van der Waals surface area (Å²) >= 11 is 0. The van der Waals surface area contributed by atoms with Gasteiger partial charge in [0, 0.05) is 32.7 Å². The van der Waals surface area contributed by atoms with E-state index in [2.05, 4.69) is 13.0 Å². The molecule has 0 bridgehead atoms. The third kappa shape index (κ3) is 3.79. The van der Waals surface area contributed by atoms with Gasteiger partial charge in [-0.3, -0.25) is 0 Å². The molecule has 0 heterocycles. The van der Waals surface area contributed by atoms with E-state index in [1.165, 1.54) is 0 Å².